The van der Waals surface area contributed by atoms with Gasteiger partial charge in [-0.3, -0.25) is 14.4 Å². The van der Waals surface area contributed by atoms with Crippen LogP contribution in [-0.4, -0.2) is 54.7 Å². The number of esters is 1. The largest absolute Gasteiger partial charge is 0.462 e. The number of nitrogens with zero attached hydrogens (tertiary/aromatic N) is 1. The van der Waals surface area contributed by atoms with Gasteiger partial charge in [0.25, 0.3) is 0 Å². The van der Waals surface area contributed by atoms with Gasteiger partial charge >= 0.3 is 5.97 Å². The van der Waals surface area contributed by atoms with E-state index in [-0.39, 0.29) is 53.0 Å². The molecule has 3 fully saturated rings. The number of fused-ring (bicyclic) bond motifs is 5. The highest BCUT2D eigenvalue weighted by Crippen LogP contribution is 2.64. The predicted octanol–water partition coefficient (Wildman–Crippen LogP) is 6.07. The maximum Gasteiger partial charge on any atom is 0.310 e. The fourth-order valence-corrected chi connectivity index (χ4v) is 9.15. The van der Waals surface area contributed by atoms with E-state index in [1.807, 2.05) is 30.3 Å². The van der Waals surface area contributed by atoms with Crippen molar-refractivity contribution in [3.63, 3.8) is 0 Å². The van der Waals surface area contributed by atoms with Crippen molar-refractivity contribution in [3.05, 3.63) is 41.5 Å². The second-order valence-electron chi connectivity index (χ2n) is 13.2. The molecule has 224 valence electrons. The average molecular weight is 604 g/mol. The van der Waals surface area contributed by atoms with Gasteiger partial charge in [-0.15, -0.1) is 23.2 Å². The highest BCUT2D eigenvalue weighted by molar-refractivity contribution is 6.18. The summed E-state index contributed by atoms with van der Waals surface area (Å²) in [7, 11) is 0. The van der Waals surface area contributed by atoms with Crippen molar-refractivity contribution in [2.45, 2.75) is 84.3 Å². The standard InChI is InChI=1S/C33H44Cl2N2O4/c1-21(38)36-29-9-8-26-31-27(11-13-33(26,29)3)32(2)12-10-25(19-23(32)20-28(31)39)41-30(40)18-22-4-6-24(7-5-22)37(16-14-34)17-15-35/h4-7,20,25-27,29,31H,8-19H2,1-3H3,(H,36,38)/t25?,26?,27?,29-,31?,32-,33-/m0/s1. The Labute approximate surface area is 254 Å². The minimum Gasteiger partial charge on any atom is -0.462 e. The number of allylic oxidation sites excluding steroid dienone is 1. The van der Waals surface area contributed by atoms with E-state index < -0.39 is 0 Å². The first kappa shape index (κ1) is 30.4. The molecule has 0 heterocycles. The summed E-state index contributed by atoms with van der Waals surface area (Å²) >= 11 is 11.9. The van der Waals surface area contributed by atoms with E-state index in [1.165, 1.54) is 0 Å². The van der Waals surface area contributed by atoms with Crippen LogP contribution in [0.3, 0.4) is 0 Å². The SMILES string of the molecule is CC(=O)N[C@H]1CCC2C3C(=O)C=C4CC(OC(=O)Cc5ccc(N(CCCl)CCCl)cc5)CC[C@]4(C)C3CC[C@@]21C. The van der Waals surface area contributed by atoms with Gasteiger partial charge in [-0.25, -0.2) is 0 Å². The number of halogens is 2. The van der Waals surface area contributed by atoms with Gasteiger partial charge in [0.15, 0.2) is 5.78 Å². The Morgan fingerprint density at radius 1 is 1.00 bits per heavy atom. The van der Waals surface area contributed by atoms with Gasteiger partial charge in [0.2, 0.25) is 5.91 Å². The molecule has 0 spiro atoms. The van der Waals surface area contributed by atoms with E-state index in [1.54, 1.807) is 6.92 Å². The molecule has 8 heteroatoms. The summed E-state index contributed by atoms with van der Waals surface area (Å²) in [5.41, 5.74) is 3.04. The van der Waals surface area contributed by atoms with Gasteiger partial charge in [0.1, 0.15) is 6.10 Å². The minimum atomic E-state index is -0.228. The lowest BCUT2D eigenvalue weighted by atomic mass is 9.47. The molecule has 41 heavy (non-hydrogen) atoms. The molecule has 3 saturated carbocycles. The first-order valence-electron chi connectivity index (χ1n) is 15.3. The van der Waals surface area contributed by atoms with Gasteiger partial charge < -0.3 is 15.0 Å². The molecule has 0 bridgehead atoms. The lowest BCUT2D eigenvalue weighted by Crippen LogP contribution is -2.56. The molecule has 0 aliphatic heterocycles. The van der Waals surface area contributed by atoms with Crippen LogP contribution in [0.25, 0.3) is 0 Å². The monoisotopic (exact) mass is 602 g/mol. The second kappa shape index (κ2) is 12.3. The molecule has 4 unspecified atom stereocenters. The number of hydrogen-bond acceptors (Lipinski definition) is 5. The second-order valence-corrected chi connectivity index (χ2v) is 13.9. The van der Waals surface area contributed by atoms with Gasteiger partial charge in [0.05, 0.1) is 6.42 Å². The molecule has 1 N–H and O–H groups in total. The van der Waals surface area contributed by atoms with Crippen LogP contribution < -0.4 is 10.2 Å². The van der Waals surface area contributed by atoms with Crippen LogP contribution in [0, 0.1) is 28.6 Å². The number of carbonyl (C=O) groups is 3. The first-order valence-corrected chi connectivity index (χ1v) is 16.3. The van der Waals surface area contributed by atoms with Gasteiger partial charge in [0, 0.05) is 55.8 Å². The van der Waals surface area contributed by atoms with E-state index in [9.17, 15) is 14.4 Å². The molecule has 5 rings (SSSR count). The van der Waals surface area contributed by atoms with Crippen molar-refractivity contribution in [2.24, 2.45) is 28.6 Å². The van der Waals surface area contributed by atoms with E-state index in [2.05, 4.69) is 24.1 Å². The highest BCUT2D eigenvalue weighted by Gasteiger charge is 2.61. The molecule has 1 aromatic carbocycles. The normalized spacial score (nSPS) is 34.1. The van der Waals surface area contributed by atoms with Crippen molar-refractivity contribution >= 4 is 46.5 Å². The fraction of sp³-hybridized carbons (Fsp3) is 0.667. The molecule has 7 atom stereocenters. The Morgan fingerprint density at radius 3 is 2.37 bits per heavy atom. The lowest BCUT2D eigenvalue weighted by Gasteiger charge is -2.57. The lowest BCUT2D eigenvalue weighted by molar-refractivity contribution is -0.151. The Bertz CT molecular complexity index is 1180. The van der Waals surface area contributed by atoms with Crippen molar-refractivity contribution < 1.29 is 19.1 Å². The van der Waals surface area contributed by atoms with Gasteiger partial charge in [-0.2, -0.15) is 0 Å². The van der Waals surface area contributed by atoms with Gasteiger partial charge in [-0.05, 0) is 85.0 Å². The molecule has 4 aliphatic carbocycles. The number of rotatable bonds is 9. The highest BCUT2D eigenvalue weighted by atomic mass is 35.5. The summed E-state index contributed by atoms with van der Waals surface area (Å²) in [6, 6.07) is 8.07. The molecule has 1 amide bonds. The maximum atomic E-state index is 13.7. The van der Waals surface area contributed by atoms with E-state index >= 15 is 0 Å². The van der Waals surface area contributed by atoms with Crippen LogP contribution in [0.4, 0.5) is 5.69 Å². The minimum absolute atomic E-state index is 0.0177. The van der Waals surface area contributed by atoms with E-state index in [0.29, 0.717) is 43.1 Å². The van der Waals surface area contributed by atoms with Crippen LogP contribution in [-0.2, 0) is 25.5 Å². The molecule has 4 aliphatic rings. The third-order valence-electron chi connectivity index (χ3n) is 10.9. The molecular weight excluding hydrogens is 559 g/mol. The molecule has 6 nitrogen and oxygen atoms in total. The third-order valence-corrected chi connectivity index (χ3v) is 11.3. The van der Waals surface area contributed by atoms with Crippen molar-refractivity contribution in [1.82, 2.24) is 5.32 Å². The predicted molar refractivity (Wildman–Crippen MR) is 163 cm³/mol. The van der Waals surface area contributed by atoms with Crippen LogP contribution >= 0.6 is 23.2 Å². The van der Waals surface area contributed by atoms with Crippen LogP contribution in [0.5, 0.6) is 0 Å². The summed E-state index contributed by atoms with van der Waals surface area (Å²) in [4.78, 5) is 40.6. The molecular formula is C33H44Cl2N2O4. The topological polar surface area (TPSA) is 75.7 Å². The average Bonchev–Trinajstić information content (AvgIpc) is 3.25. The van der Waals surface area contributed by atoms with E-state index in [4.69, 9.17) is 27.9 Å². The smallest absolute Gasteiger partial charge is 0.310 e. The quantitative estimate of drug-likeness (QED) is 0.274. The summed E-state index contributed by atoms with van der Waals surface area (Å²) in [5.74, 6) is 1.72. The molecule has 0 saturated heterocycles. The summed E-state index contributed by atoms with van der Waals surface area (Å²) in [5, 5.41) is 3.19. The third kappa shape index (κ3) is 5.93. The number of nitrogens with one attached hydrogen (secondary N) is 1. The number of ether oxygens (including phenoxy) is 1. The molecule has 1 aromatic rings. The van der Waals surface area contributed by atoms with Gasteiger partial charge in [-0.1, -0.05) is 31.6 Å². The Hall–Kier alpha value is -2.05. The van der Waals surface area contributed by atoms with Crippen molar-refractivity contribution in [1.29, 1.82) is 0 Å². The number of anilines is 1. The Morgan fingerprint density at radius 2 is 1.71 bits per heavy atom. The number of ketones is 1. The summed E-state index contributed by atoms with van der Waals surface area (Å²) in [6.07, 6.45) is 8.29. The number of alkyl halides is 2. The number of hydrogen-bond donors (Lipinski definition) is 1. The van der Waals surface area contributed by atoms with Crippen LogP contribution in [0.1, 0.15) is 71.3 Å². The first-order chi connectivity index (χ1) is 19.6. The number of carbonyl (C=O) groups excluding carboxylic acids is 3. The molecule has 0 aromatic heterocycles. The van der Waals surface area contributed by atoms with E-state index in [0.717, 1.165) is 55.3 Å². The van der Waals surface area contributed by atoms with Crippen molar-refractivity contribution in [2.75, 3.05) is 29.7 Å². The summed E-state index contributed by atoms with van der Waals surface area (Å²) < 4.78 is 5.98. The zero-order chi connectivity index (χ0) is 29.4. The fourth-order valence-electron chi connectivity index (χ4n) is 8.74. The number of amides is 1. The zero-order valence-corrected chi connectivity index (χ0v) is 26.1. The van der Waals surface area contributed by atoms with Crippen LogP contribution in [0.15, 0.2) is 35.9 Å². The Balaban J connectivity index is 1.22. The molecule has 0 radical (unpaired) electrons. The Kier molecular flexibility index (Phi) is 9.11. The zero-order valence-electron chi connectivity index (χ0n) is 24.6. The van der Waals surface area contributed by atoms with Crippen molar-refractivity contribution in [3.8, 4) is 0 Å². The van der Waals surface area contributed by atoms with Crippen LogP contribution in [0.2, 0.25) is 0 Å². The maximum absolute atomic E-state index is 13.7. The number of benzene rings is 1. The summed E-state index contributed by atoms with van der Waals surface area (Å²) in [6.45, 7) is 7.65.